The van der Waals surface area contributed by atoms with Crippen molar-refractivity contribution in [2.24, 2.45) is 0 Å². The van der Waals surface area contributed by atoms with Crippen LogP contribution in [0.5, 0.6) is 11.6 Å². The van der Waals surface area contributed by atoms with E-state index in [0.717, 1.165) is 5.56 Å². The highest BCUT2D eigenvalue weighted by Gasteiger charge is 2.46. The molecule has 5 aromatic rings. The number of aromatic nitrogens is 3. The van der Waals surface area contributed by atoms with Gasteiger partial charge in [0.2, 0.25) is 18.5 Å². The Morgan fingerprint density at radius 3 is 1.87 bits per heavy atom. The van der Waals surface area contributed by atoms with Crippen LogP contribution in [0.2, 0.25) is 0 Å². The smallest absolute Gasteiger partial charge is 0.231 e. The molecular formula is C36H39N3O13. The van der Waals surface area contributed by atoms with E-state index in [1.807, 2.05) is 30.3 Å². The summed E-state index contributed by atoms with van der Waals surface area (Å²) in [6.45, 7) is -1.23. The maximum Gasteiger partial charge on any atom is 0.231 e. The van der Waals surface area contributed by atoms with Crippen LogP contribution >= 0.6 is 0 Å². The van der Waals surface area contributed by atoms with Crippen molar-refractivity contribution in [2.75, 3.05) is 13.2 Å². The van der Waals surface area contributed by atoms with Gasteiger partial charge in [-0.2, -0.15) is 0 Å². The summed E-state index contributed by atoms with van der Waals surface area (Å²) < 4.78 is 30.4. The van der Waals surface area contributed by atoms with Gasteiger partial charge in [-0.1, -0.05) is 30.3 Å². The van der Waals surface area contributed by atoms with Crippen LogP contribution in [0.25, 0.3) is 16.9 Å². The molecule has 0 saturated carbocycles. The quantitative estimate of drug-likeness (QED) is 0.0860. The SMILES string of the molecule is OCC1OC(Oc2ccc(-c3cn4c(OC5OC(CO)C(O)C(O)C5O)c(Cc5ccco5)nc4c(Cc4ccccc4)n3)cc2)C(O)C(O)C1O. The molecular weight excluding hydrogens is 682 g/mol. The third-order valence-electron chi connectivity index (χ3n) is 9.16. The fourth-order valence-corrected chi connectivity index (χ4v) is 6.28. The average Bonchev–Trinajstić information content (AvgIpc) is 3.80. The van der Waals surface area contributed by atoms with Crippen molar-refractivity contribution in [3.8, 4) is 22.9 Å². The summed E-state index contributed by atoms with van der Waals surface area (Å²) in [6, 6.07) is 19.7. The van der Waals surface area contributed by atoms with Gasteiger partial charge in [0, 0.05) is 18.2 Å². The molecule has 3 aromatic heterocycles. The summed E-state index contributed by atoms with van der Waals surface area (Å²) in [7, 11) is 0. The summed E-state index contributed by atoms with van der Waals surface area (Å²) in [5.41, 5.74) is 3.43. The number of ether oxygens (including phenoxy) is 4. The van der Waals surface area contributed by atoms with Gasteiger partial charge in [0.05, 0.1) is 37.3 Å². The van der Waals surface area contributed by atoms with E-state index in [-0.39, 0.29) is 18.1 Å². The molecule has 16 heteroatoms. The predicted molar refractivity (Wildman–Crippen MR) is 178 cm³/mol. The van der Waals surface area contributed by atoms with E-state index in [2.05, 4.69) is 0 Å². The van der Waals surface area contributed by atoms with Gasteiger partial charge in [-0.3, -0.25) is 4.40 Å². The zero-order chi connectivity index (χ0) is 36.5. The summed E-state index contributed by atoms with van der Waals surface area (Å²) in [5.74, 6) is 0.958. The second-order valence-electron chi connectivity index (χ2n) is 12.7. The number of fused-ring (bicyclic) bond motifs is 1. The average molecular weight is 722 g/mol. The molecule has 0 bridgehead atoms. The second kappa shape index (κ2) is 15.3. The molecule has 2 aromatic carbocycles. The molecule has 276 valence electrons. The molecule has 2 fully saturated rings. The Bertz CT molecular complexity index is 1920. The van der Waals surface area contributed by atoms with Crippen molar-refractivity contribution >= 4 is 5.65 Å². The largest absolute Gasteiger partial charge is 0.469 e. The van der Waals surface area contributed by atoms with Crippen LogP contribution in [-0.4, -0.2) is 130 Å². The molecule has 10 atom stereocenters. The van der Waals surface area contributed by atoms with Gasteiger partial charge in [0.1, 0.15) is 66.0 Å². The highest BCUT2D eigenvalue weighted by molar-refractivity contribution is 5.64. The van der Waals surface area contributed by atoms with E-state index in [0.29, 0.717) is 40.5 Å². The number of hydrogen-bond donors (Lipinski definition) is 8. The maximum atomic E-state index is 10.9. The monoisotopic (exact) mass is 721 g/mol. The van der Waals surface area contributed by atoms with Gasteiger partial charge in [0.15, 0.2) is 5.65 Å². The Morgan fingerprint density at radius 1 is 0.635 bits per heavy atom. The molecule has 0 aliphatic carbocycles. The van der Waals surface area contributed by atoms with Crippen LogP contribution in [0.15, 0.2) is 83.6 Å². The Kier molecular flexibility index (Phi) is 10.5. The lowest BCUT2D eigenvalue weighted by Crippen LogP contribution is -2.60. The molecule has 7 rings (SSSR count). The third kappa shape index (κ3) is 7.13. The first-order valence-corrected chi connectivity index (χ1v) is 16.7. The minimum atomic E-state index is -1.68. The number of benzene rings is 2. The molecule has 0 amide bonds. The topological polar surface area (TPSA) is 242 Å². The van der Waals surface area contributed by atoms with Gasteiger partial charge in [-0.15, -0.1) is 0 Å². The summed E-state index contributed by atoms with van der Waals surface area (Å²) in [6.07, 6.45) is -11.1. The number of aliphatic hydroxyl groups excluding tert-OH is 8. The van der Waals surface area contributed by atoms with Crippen molar-refractivity contribution < 1.29 is 64.2 Å². The minimum absolute atomic E-state index is 0.135. The number of aliphatic hydroxyl groups is 8. The molecule has 5 heterocycles. The van der Waals surface area contributed by atoms with Crippen molar-refractivity contribution in [3.63, 3.8) is 0 Å². The summed E-state index contributed by atoms with van der Waals surface area (Å²) in [4.78, 5) is 9.88. The van der Waals surface area contributed by atoms with Crippen molar-refractivity contribution in [2.45, 2.75) is 74.3 Å². The van der Waals surface area contributed by atoms with E-state index in [4.69, 9.17) is 33.3 Å². The van der Waals surface area contributed by atoms with Crippen LogP contribution in [0.4, 0.5) is 0 Å². The van der Waals surface area contributed by atoms with Crippen molar-refractivity contribution in [1.29, 1.82) is 0 Å². The lowest BCUT2D eigenvalue weighted by atomic mass is 9.99. The van der Waals surface area contributed by atoms with Crippen LogP contribution in [0.1, 0.15) is 22.7 Å². The Morgan fingerprint density at radius 2 is 1.27 bits per heavy atom. The van der Waals surface area contributed by atoms with E-state index in [9.17, 15) is 40.9 Å². The Hall–Kier alpha value is -4.46. The molecule has 8 N–H and O–H groups in total. The lowest BCUT2D eigenvalue weighted by molar-refractivity contribution is -0.278. The highest BCUT2D eigenvalue weighted by Crippen LogP contribution is 2.33. The van der Waals surface area contributed by atoms with Crippen LogP contribution in [0, 0.1) is 0 Å². The molecule has 2 aliphatic heterocycles. The van der Waals surface area contributed by atoms with E-state index >= 15 is 0 Å². The second-order valence-corrected chi connectivity index (χ2v) is 12.7. The number of imidazole rings is 1. The van der Waals surface area contributed by atoms with Gasteiger partial charge >= 0.3 is 0 Å². The molecule has 2 saturated heterocycles. The standard InChI is InChI=1S/C36H39N3O13/c40-16-25-27(42)29(44)31(46)35(50-25)49-20-10-8-19(9-11-20)24-15-39-33(22(37-24)13-18-5-2-1-3-6-18)38-23(14-21-7-4-12-48-21)34(39)52-36-32(47)30(45)28(43)26(17-41)51-36/h1-12,15,25-32,35-36,40-47H,13-14,16-17H2. The molecule has 52 heavy (non-hydrogen) atoms. The van der Waals surface area contributed by atoms with Crippen LogP contribution < -0.4 is 9.47 Å². The van der Waals surface area contributed by atoms with Gasteiger partial charge < -0.3 is 64.2 Å². The molecule has 0 radical (unpaired) electrons. The van der Waals surface area contributed by atoms with Gasteiger partial charge in [-0.25, -0.2) is 9.97 Å². The Balaban J connectivity index is 1.28. The number of rotatable bonds is 11. The van der Waals surface area contributed by atoms with Crippen molar-refractivity contribution in [1.82, 2.24) is 14.4 Å². The van der Waals surface area contributed by atoms with Crippen molar-refractivity contribution in [3.05, 3.63) is 102 Å². The van der Waals surface area contributed by atoms with E-state index in [1.165, 1.54) is 6.26 Å². The fraction of sp³-hybridized carbons (Fsp3) is 0.389. The third-order valence-corrected chi connectivity index (χ3v) is 9.16. The first-order valence-electron chi connectivity index (χ1n) is 16.7. The number of hydrogen-bond acceptors (Lipinski definition) is 15. The first-order chi connectivity index (χ1) is 25.1. The number of furan rings is 1. The summed E-state index contributed by atoms with van der Waals surface area (Å²) >= 11 is 0. The zero-order valence-corrected chi connectivity index (χ0v) is 27.6. The maximum absolute atomic E-state index is 10.9. The normalized spacial score (nSPS) is 29.3. The van der Waals surface area contributed by atoms with E-state index < -0.39 is 74.6 Å². The van der Waals surface area contributed by atoms with Crippen LogP contribution in [0.3, 0.4) is 0 Å². The first kappa shape index (κ1) is 35.9. The zero-order valence-electron chi connectivity index (χ0n) is 27.6. The number of nitrogens with zero attached hydrogens (tertiary/aromatic N) is 3. The van der Waals surface area contributed by atoms with Gasteiger partial charge in [-0.05, 0) is 42.0 Å². The molecule has 10 unspecified atom stereocenters. The minimum Gasteiger partial charge on any atom is -0.469 e. The highest BCUT2D eigenvalue weighted by atomic mass is 16.7. The molecule has 16 nitrogen and oxygen atoms in total. The molecule has 2 aliphatic rings. The Labute approximate surface area is 296 Å². The lowest BCUT2D eigenvalue weighted by Gasteiger charge is -2.39. The fourth-order valence-electron chi connectivity index (χ4n) is 6.28. The van der Waals surface area contributed by atoms with E-state index in [1.54, 1.807) is 47.0 Å². The van der Waals surface area contributed by atoms with Crippen LogP contribution in [-0.2, 0) is 22.3 Å². The van der Waals surface area contributed by atoms with Gasteiger partial charge in [0.25, 0.3) is 0 Å². The summed E-state index contributed by atoms with van der Waals surface area (Å²) in [5, 5.41) is 81.7. The molecule has 0 spiro atoms. The predicted octanol–water partition coefficient (Wildman–Crippen LogP) is -0.472.